The summed E-state index contributed by atoms with van der Waals surface area (Å²) >= 11 is 0.569. The molecular formula is C58H94N4O18S2. The van der Waals surface area contributed by atoms with E-state index in [1.807, 2.05) is 13.8 Å². The maximum atomic E-state index is 13.4. The Balaban J connectivity index is 0.000000226. The van der Waals surface area contributed by atoms with Gasteiger partial charge in [0.25, 0.3) is 10.1 Å². The third-order valence-electron chi connectivity index (χ3n) is 22.0. The molecule has 10 N–H and O–H groups in total. The first-order valence-corrected chi connectivity index (χ1v) is 31.9. The van der Waals surface area contributed by atoms with E-state index in [-0.39, 0.29) is 87.9 Å². The monoisotopic (exact) mass is 1200 g/mol. The van der Waals surface area contributed by atoms with Crippen LogP contribution in [-0.4, -0.2) is 125 Å². The van der Waals surface area contributed by atoms with Gasteiger partial charge in [-0.15, -0.1) is 17.5 Å². The number of imide groups is 2. The highest BCUT2D eigenvalue weighted by molar-refractivity contribution is 7.95. The van der Waals surface area contributed by atoms with Gasteiger partial charge in [-0.1, -0.05) is 72.6 Å². The molecule has 8 rings (SSSR count). The van der Waals surface area contributed by atoms with E-state index in [0.29, 0.717) is 63.4 Å². The largest absolute Gasteiger partial charge is 0.446 e. The van der Waals surface area contributed by atoms with Gasteiger partial charge in [-0.3, -0.25) is 14.1 Å². The van der Waals surface area contributed by atoms with E-state index in [4.69, 9.17) is 40.2 Å². The number of amides is 4. The molecule has 0 saturated heterocycles. The number of alkyl carbamates (subject to hydrolysis) is 4. The molecule has 24 heteroatoms. The second-order valence-corrected chi connectivity index (χ2v) is 28.7. The number of hydrogen-bond donors (Lipinski definition) is 8. The average Bonchev–Trinajstić information content (AvgIpc) is 3.90. The van der Waals surface area contributed by atoms with Crippen LogP contribution in [0, 0.1) is 68.0 Å². The van der Waals surface area contributed by atoms with Crippen molar-refractivity contribution in [2.24, 2.45) is 79.5 Å². The van der Waals surface area contributed by atoms with Gasteiger partial charge in [-0.25, -0.2) is 35.1 Å². The van der Waals surface area contributed by atoms with Crippen molar-refractivity contribution in [3.63, 3.8) is 0 Å². The normalized spacial score (nSPS) is 42.4. The van der Waals surface area contributed by atoms with E-state index in [1.54, 1.807) is 12.2 Å². The summed E-state index contributed by atoms with van der Waals surface area (Å²) in [5.74, 6) is -0.679. The van der Waals surface area contributed by atoms with Crippen LogP contribution in [0.25, 0.3) is 0 Å². The van der Waals surface area contributed by atoms with Crippen LogP contribution in [0.5, 0.6) is 0 Å². The van der Waals surface area contributed by atoms with Gasteiger partial charge in [-0.2, -0.15) is 8.42 Å². The van der Waals surface area contributed by atoms with Crippen LogP contribution in [-0.2, 0) is 48.0 Å². The van der Waals surface area contributed by atoms with Crippen LogP contribution in [0.1, 0.15) is 171 Å². The first-order chi connectivity index (χ1) is 38.3. The van der Waals surface area contributed by atoms with Gasteiger partial charge in [0.2, 0.25) is 0 Å². The number of aliphatic hydroxyl groups is 2. The summed E-state index contributed by atoms with van der Waals surface area (Å²) < 4.78 is 54.8. The lowest BCUT2D eigenvalue weighted by Gasteiger charge is -2.61. The van der Waals surface area contributed by atoms with Gasteiger partial charge in [0, 0.05) is 76.2 Å². The zero-order chi connectivity index (χ0) is 61.0. The number of rotatable bonds is 11. The van der Waals surface area contributed by atoms with Gasteiger partial charge < -0.3 is 40.6 Å². The Morgan fingerprint density at radius 1 is 0.622 bits per heavy atom. The maximum absolute atomic E-state index is 13.4. The van der Waals surface area contributed by atoms with Crippen LogP contribution in [0.3, 0.4) is 0 Å². The Kier molecular flexibility index (Phi) is 22.1. The number of nitrogens with two attached hydrogens (primary N) is 2. The molecule has 4 bridgehead atoms. The maximum Gasteiger partial charge on any atom is 0.416 e. The minimum absolute atomic E-state index is 0.0145. The van der Waals surface area contributed by atoms with Gasteiger partial charge in [0.1, 0.15) is 36.0 Å². The van der Waals surface area contributed by atoms with Crippen molar-refractivity contribution in [3.8, 4) is 0 Å². The lowest BCUT2D eigenvalue weighted by atomic mass is 9.44. The van der Waals surface area contributed by atoms with Crippen molar-refractivity contribution in [2.75, 3.05) is 11.5 Å². The number of ketones is 2. The third-order valence-corrected chi connectivity index (χ3v) is 23.5. The predicted molar refractivity (Wildman–Crippen MR) is 303 cm³/mol. The van der Waals surface area contributed by atoms with E-state index < -0.39 is 86.3 Å². The lowest BCUT2D eigenvalue weighted by Crippen LogP contribution is -2.63. The first kappa shape index (κ1) is 67.4. The van der Waals surface area contributed by atoms with Gasteiger partial charge in [0.05, 0.1) is 18.0 Å². The molecular weight excluding hydrogens is 1100 g/mol. The molecule has 8 fully saturated rings. The Hall–Kier alpha value is -3.72. The molecule has 8 aliphatic carbocycles. The fourth-order valence-corrected chi connectivity index (χ4v) is 17.7. The molecule has 0 aliphatic heterocycles. The molecule has 22 nitrogen and oxygen atoms in total. The first-order valence-electron chi connectivity index (χ1n) is 29.4. The second kappa shape index (κ2) is 26.9. The lowest BCUT2D eigenvalue weighted by molar-refractivity contribution is -0.432. The van der Waals surface area contributed by atoms with Crippen LogP contribution in [0.2, 0.25) is 0 Å². The van der Waals surface area contributed by atoms with E-state index in [0.717, 1.165) is 64.2 Å². The Labute approximate surface area is 488 Å². The quantitative estimate of drug-likeness (QED) is 0.0182. The van der Waals surface area contributed by atoms with Crippen LogP contribution in [0.4, 0.5) is 19.2 Å². The Morgan fingerprint density at radius 2 is 0.976 bits per heavy atom. The SMILES string of the molecule is C=C[C@]1(C)C[C@@H](OC(=O)NC(=O)OC2CCC(N)CC2)[C@]2(C)C(C)CC[C@]3(CCC(=O)[C@H]32)[C@@H](C)[C@@H]1O.C=C[C@]1(C)C[C@@H](OC(=O)NC(=O)OC2CCC(N)CC2)[C@]2(C)C(C)CC[C@]3(CCC(=O)[C@H]32)[C@@H](C)[C@@H]1O.O=S(=O)(O)CCSOOO. The molecule has 0 aromatic carbocycles. The van der Waals surface area contributed by atoms with Crippen LogP contribution in [0.15, 0.2) is 25.3 Å². The number of ether oxygens (including phenoxy) is 4. The summed E-state index contributed by atoms with van der Waals surface area (Å²) in [6.07, 6.45) is 8.99. The summed E-state index contributed by atoms with van der Waals surface area (Å²) in [6, 6.07) is 0.246. The molecule has 0 aromatic rings. The van der Waals surface area contributed by atoms with Gasteiger partial charge in [0.15, 0.2) is 0 Å². The van der Waals surface area contributed by atoms with Gasteiger partial charge >= 0.3 is 24.4 Å². The number of carbonyl (C=O) groups excluding carboxylic acids is 6. The Bertz CT molecular complexity index is 2300. The van der Waals surface area contributed by atoms with Crippen molar-refractivity contribution in [1.82, 2.24) is 10.6 Å². The number of carbonyl (C=O) groups is 6. The predicted octanol–water partition coefficient (Wildman–Crippen LogP) is 8.91. The molecule has 4 amide bonds. The van der Waals surface area contributed by atoms with E-state index >= 15 is 0 Å². The van der Waals surface area contributed by atoms with Gasteiger partial charge in [-0.05, 0) is 137 Å². The van der Waals surface area contributed by atoms with Crippen molar-refractivity contribution in [2.45, 2.75) is 220 Å². The highest BCUT2D eigenvalue weighted by Crippen LogP contribution is 2.69. The molecule has 82 heavy (non-hydrogen) atoms. The van der Waals surface area contributed by atoms with Crippen molar-refractivity contribution in [3.05, 3.63) is 25.3 Å². The topological polar surface area (TPSA) is 349 Å². The Morgan fingerprint density at radius 3 is 1.30 bits per heavy atom. The molecule has 466 valence electrons. The number of Topliss-reactive ketones (excluding diaryl/α,β-unsaturated/α-hetero) is 2. The number of nitrogens with one attached hydrogen (secondary N) is 2. The molecule has 0 heterocycles. The summed E-state index contributed by atoms with van der Waals surface area (Å²) in [5, 5.41) is 38.3. The number of hydrogen-bond acceptors (Lipinski definition) is 20. The minimum Gasteiger partial charge on any atom is -0.446 e. The molecule has 0 aromatic heterocycles. The molecule has 2 unspecified atom stereocenters. The zero-order valence-corrected chi connectivity index (χ0v) is 50.9. The fourth-order valence-electron chi connectivity index (χ4n) is 16.5. The van der Waals surface area contributed by atoms with Crippen LogP contribution < -0.4 is 22.1 Å². The number of aliphatic hydroxyl groups excluding tert-OH is 2. The highest BCUT2D eigenvalue weighted by atomic mass is 32.2. The summed E-state index contributed by atoms with van der Waals surface area (Å²) in [5.41, 5.74) is 8.42. The van der Waals surface area contributed by atoms with E-state index in [2.05, 4.69) is 74.7 Å². The minimum atomic E-state index is -3.94. The summed E-state index contributed by atoms with van der Waals surface area (Å²) in [6.45, 7) is 24.4. The van der Waals surface area contributed by atoms with Crippen molar-refractivity contribution < 1.29 is 85.5 Å². The molecule has 8 aliphatic rings. The summed E-state index contributed by atoms with van der Waals surface area (Å²) in [4.78, 5) is 77.8. The highest BCUT2D eigenvalue weighted by Gasteiger charge is 2.70. The third kappa shape index (κ3) is 14.1. The summed E-state index contributed by atoms with van der Waals surface area (Å²) in [7, 11) is -3.94. The van der Waals surface area contributed by atoms with Crippen molar-refractivity contribution >= 4 is 58.1 Å². The van der Waals surface area contributed by atoms with Crippen molar-refractivity contribution in [1.29, 1.82) is 0 Å². The molecule has 0 spiro atoms. The molecule has 8 saturated carbocycles. The second-order valence-electron chi connectivity index (χ2n) is 26.3. The smallest absolute Gasteiger partial charge is 0.416 e. The standard InChI is InChI=1S/2C28H44N2O6.C2H6O6S2/c2*1-6-26(4)15-21(36-25(34)30-24(33)35-19-9-7-18(29)8-10-19)27(5)16(2)11-13-28(17(3)23(26)32)14-12-20(31)22(27)28;3-7-8-9-1-2-10(4,5)6/h2*6,16-19,21-23,32H,1,7-15,29H2,2-5H3,(H,30,33,34);3H,1-2H2,(H,4,5,6)/t2*16?,17-,18?,19?,21+,22-,23-,26+,27-,28-;/m00./s1. The molecule has 16 atom stereocenters. The fraction of sp³-hybridized carbons (Fsp3) is 0.828. The van der Waals surface area contributed by atoms with E-state index in [9.17, 15) is 47.4 Å². The van der Waals surface area contributed by atoms with E-state index in [1.165, 1.54) is 0 Å². The zero-order valence-electron chi connectivity index (χ0n) is 49.3. The van der Waals surface area contributed by atoms with Crippen LogP contribution >= 0.6 is 12.0 Å². The average molecular weight is 1200 g/mol. The molecule has 0 radical (unpaired) electrons.